The molecule has 0 aromatic heterocycles. The maximum atomic E-state index is 2.36. The average Bonchev–Trinajstić information content (AvgIpc) is 3.37. The molecule has 0 heterocycles. The summed E-state index contributed by atoms with van der Waals surface area (Å²) < 4.78 is 0. The number of rotatable bonds is 12. The summed E-state index contributed by atoms with van der Waals surface area (Å²) in [5, 5.41) is 2.35. The largest absolute Gasteiger partial charge is 0.345 e. The second-order valence-corrected chi connectivity index (χ2v) is 18.1. The number of hydrogen-bond acceptors (Lipinski definition) is 4. The van der Waals surface area contributed by atoms with E-state index in [4.69, 9.17) is 0 Å². The third-order valence-corrected chi connectivity index (χ3v) is 13.0. The van der Waals surface area contributed by atoms with Gasteiger partial charge in [-0.15, -0.1) is 0 Å². The van der Waals surface area contributed by atoms with Crippen LogP contribution in [-0.2, 0) is 0 Å². The monoisotopic (exact) mass is 880 g/mol. The first kappa shape index (κ1) is 43.5. The van der Waals surface area contributed by atoms with Gasteiger partial charge in [-0.25, -0.2) is 0 Å². The van der Waals surface area contributed by atoms with Crippen LogP contribution < -0.4 is 19.6 Å². The number of anilines is 11. The fraction of sp³-hybridized carbons (Fsp3) is 0.0938. The van der Waals surface area contributed by atoms with Gasteiger partial charge in [0.25, 0.3) is 0 Å². The summed E-state index contributed by atoms with van der Waals surface area (Å²) in [6.07, 6.45) is 0. The number of benzene rings is 10. The van der Waals surface area contributed by atoms with E-state index in [1.807, 2.05) is 0 Å². The van der Waals surface area contributed by atoms with Crippen LogP contribution in [-0.4, -0.2) is 7.05 Å². The third kappa shape index (κ3) is 9.22. The van der Waals surface area contributed by atoms with E-state index in [-0.39, 0.29) is 0 Å². The van der Waals surface area contributed by atoms with Gasteiger partial charge in [-0.1, -0.05) is 125 Å². The Morgan fingerprint density at radius 3 is 0.750 bits per heavy atom. The molecule has 0 unspecified atom stereocenters. The molecule has 0 saturated carbocycles. The van der Waals surface area contributed by atoms with Crippen LogP contribution >= 0.6 is 0 Å². The molecule has 4 heteroatoms. The van der Waals surface area contributed by atoms with E-state index >= 15 is 0 Å². The predicted octanol–water partition coefficient (Wildman–Crippen LogP) is 18.2. The molecule has 0 radical (unpaired) electrons. The van der Waals surface area contributed by atoms with E-state index in [1.54, 1.807) is 0 Å². The minimum absolute atomic E-state index is 1.08. The number of hydrogen-bond donors (Lipinski definition) is 0. The van der Waals surface area contributed by atoms with Crippen molar-refractivity contribution in [2.45, 2.75) is 34.6 Å². The molecule has 0 aliphatic heterocycles. The van der Waals surface area contributed by atoms with Gasteiger partial charge in [-0.3, -0.25) is 0 Å². The molecule has 68 heavy (non-hydrogen) atoms. The zero-order valence-electron chi connectivity index (χ0n) is 39.7. The van der Waals surface area contributed by atoms with Crippen molar-refractivity contribution in [1.82, 2.24) is 0 Å². The van der Waals surface area contributed by atoms with Crippen LogP contribution in [0.2, 0.25) is 0 Å². The molecule has 0 atom stereocenters. The summed E-state index contributed by atoms with van der Waals surface area (Å²) in [6, 6.07) is 84.1. The van der Waals surface area contributed by atoms with Gasteiger partial charge in [0.2, 0.25) is 0 Å². The van der Waals surface area contributed by atoms with Crippen molar-refractivity contribution >= 4 is 73.3 Å². The lowest BCUT2D eigenvalue weighted by Crippen LogP contribution is -2.12. The van der Waals surface area contributed by atoms with E-state index in [0.717, 1.165) is 62.6 Å². The highest BCUT2D eigenvalue weighted by atomic mass is 15.2. The Morgan fingerprint density at radius 2 is 0.412 bits per heavy atom. The van der Waals surface area contributed by atoms with Crippen LogP contribution in [0.3, 0.4) is 0 Å². The van der Waals surface area contributed by atoms with Gasteiger partial charge in [-0.05, 0) is 190 Å². The fourth-order valence-electron chi connectivity index (χ4n) is 8.96. The highest BCUT2D eigenvalue weighted by molar-refractivity contribution is 5.92. The van der Waals surface area contributed by atoms with Crippen molar-refractivity contribution in [2.24, 2.45) is 0 Å². The highest BCUT2D eigenvalue weighted by Gasteiger charge is 2.18. The van der Waals surface area contributed by atoms with Crippen molar-refractivity contribution < 1.29 is 0 Å². The Hall–Kier alpha value is -8.34. The molecule has 0 spiro atoms. The topological polar surface area (TPSA) is 13.0 Å². The quantitative estimate of drug-likeness (QED) is 0.121. The minimum Gasteiger partial charge on any atom is -0.345 e. The minimum atomic E-state index is 1.08. The maximum absolute atomic E-state index is 2.36. The van der Waals surface area contributed by atoms with E-state index in [9.17, 15) is 0 Å². The lowest BCUT2D eigenvalue weighted by atomic mass is 10.0. The summed E-state index contributed by atoms with van der Waals surface area (Å²) in [7, 11) is 2.15. The van der Waals surface area contributed by atoms with Crippen LogP contribution in [0, 0.1) is 34.6 Å². The first-order chi connectivity index (χ1) is 33.1. The zero-order chi connectivity index (χ0) is 46.7. The van der Waals surface area contributed by atoms with Crippen LogP contribution in [0.5, 0.6) is 0 Å². The van der Waals surface area contributed by atoms with Crippen molar-refractivity contribution in [2.75, 3.05) is 26.6 Å². The molecule has 4 nitrogen and oxygen atoms in total. The number of aryl methyl sites for hydroxylation is 5. The molecule has 0 aliphatic rings. The van der Waals surface area contributed by atoms with Crippen LogP contribution in [0.25, 0.3) is 21.9 Å². The number of fused-ring (bicyclic) bond motifs is 1. The first-order valence-corrected chi connectivity index (χ1v) is 23.5. The molecule has 0 saturated heterocycles. The van der Waals surface area contributed by atoms with Gasteiger partial charge in [0.1, 0.15) is 0 Å². The third-order valence-electron chi connectivity index (χ3n) is 13.0. The van der Waals surface area contributed by atoms with Crippen molar-refractivity contribution in [1.29, 1.82) is 0 Å². The molecule has 0 aliphatic carbocycles. The zero-order valence-corrected chi connectivity index (χ0v) is 39.7. The van der Waals surface area contributed by atoms with Gasteiger partial charge < -0.3 is 19.6 Å². The van der Waals surface area contributed by atoms with Gasteiger partial charge in [0, 0.05) is 69.6 Å². The summed E-state index contributed by atoms with van der Waals surface area (Å²) >= 11 is 0. The van der Waals surface area contributed by atoms with Crippen molar-refractivity contribution in [3.8, 4) is 11.1 Å². The molecule has 10 rings (SSSR count). The Kier molecular flexibility index (Phi) is 12.1. The van der Waals surface area contributed by atoms with E-state index < -0.39 is 0 Å². The molecule has 10 aromatic rings. The Bertz CT molecular complexity index is 3190. The summed E-state index contributed by atoms with van der Waals surface area (Å²) in [5.41, 5.74) is 20.8. The smallest absolute Gasteiger partial charge is 0.0468 e. The van der Waals surface area contributed by atoms with E-state index in [0.29, 0.717) is 0 Å². The van der Waals surface area contributed by atoms with E-state index in [1.165, 1.54) is 49.7 Å². The van der Waals surface area contributed by atoms with Gasteiger partial charge >= 0.3 is 0 Å². The average molecular weight is 881 g/mol. The van der Waals surface area contributed by atoms with Gasteiger partial charge in [0.05, 0.1) is 0 Å². The van der Waals surface area contributed by atoms with Crippen molar-refractivity contribution in [3.05, 3.63) is 258 Å². The summed E-state index contributed by atoms with van der Waals surface area (Å²) in [5.74, 6) is 0. The molecule has 0 amide bonds. The SMILES string of the molecule is Cc1ccc(-c2ccc(N(c3ccc(N(c4ccc(C)cc4)c4ccc(C)cc4)cc3)c3ccc4cc(N(C)c5ccc(N(c6ccc(C)cc6)c6ccc(C)cc6)cc5)ccc4c3)cc2)cc1. The maximum Gasteiger partial charge on any atom is 0.0468 e. The number of nitrogens with zero attached hydrogens (tertiary/aromatic N) is 4. The standard InChI is InChI=1S/C64H56N4/c1-45-7-17-50(18-8-45)51-19-31-59(32-20-51)68(62-41-39-61(40-42-62)67(57-27-13-48(4)14-28-57)58-29-15-49(5)16-30-58)64-34-22-52-43-63(33-21-53(52)44-64)65(6)54-35-37-60(38-36-54)66(55-23-9-46(2)10-24-55)56-25-11-47(3)12-26-56/h7-44H,1-6H3. The second-order valence-electron chi connectivity index (χ2n) is 18.1. The van der Waals surface area contributed by atoms with Gasteiger partial charge in [0.15, 0.2) is 0 Å². The van der Waals surface area contributed by atoms with Crippen LogP contribution in [0.15, 0.2) is 231 Å². The Balaban J connectivity index is 0.971. The van der Waals surface area contributed by atoms with Crippen LogP contribution in [0.4, 0.5) is 62.6 Å². The lowest BCUT2D eigenvalue weighted by Gasteiger charge is -2.29. The lowest BCUT2D eigenvalue weighted by molar-refractivity contribution is 1.20. The summed E-state index contributed by atoms with van der Waals surface area (Å²) in [4.78, 5) is 9.27. The fourth-order valence-corrected chi connectivity index (χ4v) is 8.96. The summed E-state index contributed by atoms with van der Waals surface area (Å²) in [6.45, 7) is 10.7. The molecule has 0 bridgehead atoms. The Labute approximate surface area is 402 Å². The molecule has 10 aromatic carbocycles. The van der Waals surface area contributed by atoms with Crippen LogP contribution in [0.1, 0.15) is 27.8 Å². The molecule has 0 fully saturated rings. The highest BCUT2D eigenvalue weighted by Crippen LogP contribution is 2.42. The predicted molar refractivity (Wildman–Crippen MR) is 292 cm³/mol. The molecular weight excluding hydrogens is 825 g/mol. The second kappa shape index (κ2) is 18.9. The van der Waals surface area contributed by atoms with E-state index in [2.05, 4.69) is 292 Å². The van der Waals surface area contributed by atoms with Crippen molar-refractivity contribution in [3.63, 3.8) is 0 Å². The normalized spacial score (nSPS) is 11.1. The molecule has 0 N–H and O–H groups in total. The Morgan fingerprint density at radius 1 is 0.206 bits per heavy atom. The molecule has 332 valence electrons. The molecular formula is C64H56N4. The van der Waals surface area contributed by atoms with Gasteiger partial charge in [-0.2, -0.15) is 0 Å². The first-order valence-electron chi connectivity index (χ1n) is 23.5.